The summed E-state index contributed by atoms with van der Waals surface area (Å²) in [7, 11) is 0. The van der Waals surface area contributed by atoms with Gasteiger partial charge in [0.2, 0.25) is 0 Å². The lowest BCUT2D eigenvalue weighted by Crippen LogP contribution is -2.08. The van der Waals surface area contributed by atoms with Crippen LogP contribution < -0.4 is 5.56 Å². The summed E-state index contributed by atoms with van der Waals surface area (Å²) in [5.41, 5.74) is -0.198. The van der Waals surface area contributed by atoms with Crippen LogP contribution in [-0.2, 0) is 0 Å². The molecule has 0 aromatic carbocycles. The molecule has 2 aromatic heterocycles. The number of nitrogens with one attached hydrogen (secondary N) is 1. The van der Waals surface area contributed by atoms with Gasteiger partial charge in [-0.15, -0.1) is 0 Å². The molecule has 0 fully saturated rings. The molecule has 0 saturated carbocycles. The smallest absolute Gasteiger partial charge is 0.252 e. The van der Waals surface area contributed by atoms with E-state index in [0.717, 1.165) is 4.47 Å². The summed E-state index contributed by atoms with van der Waals surface area (Å²) in [6.07, 6.45) is 4.69. The molecule has 0 bridgehead atoms. The first-order valence-electron chi connectivity index (χ1n) is 3.51. The number of aromatic amines is 1. The summed E-state index contributed by atoms with van der Waals surface area (Å²) < 4.78 is 2.36. The fourth-order valence-corrected chi connectivity index (χ4v) is 1.20. The second kappa shape index (κ2) is 3.14. The summed E-state index contributed by atoms with van der Waals surface area (Å²) in [5.74, 6) is 0.495. The first-order valence-corrected chi connectivity index (χ1v) is 4.30. The Balaban J connectivity index is 2.52. The predicted octanol–water partition coefficient (Wildman–Crippen LogP) is 0.718. The number of H-pyrrole nitrogens is 1. The molecule has 2 rings (SSSR count). The van der Waals surface area contributed by atoms with Crippen molar-refractivity contribution in [2.24, 2.45) is 0 Å². The maximum Gasteiger partial charge on any atom is 0.252 e. The van der Waals surface area contributed by atoms with Gasteiger partial charge in [-0.1, -0.05) is 0 Å². The van der Waals surface area contributed by atoms with Crippen molar-refractivity contribution in [2.75, 3.05) is 0 Å². The summed E-state index contributed by atoms with van der Waals surface area (Å²) >= 11 is 3.25. The van der Waals surface area contributed by atoms with E-state index in [-0.39, 0.29) is 5.56 Å². The normalized spacial score (nSPS) is 10.2. The van der Waals surface area contributed by atoms with Crippen LogP contribution in [0.1, 0.15) is 0 Å². The summed E-state index contributed by atoms with van der Waals surface area (Å²) in [6.45, 7) is 0. The van der Waals surface area contributed by atoms with E-state index in [1.807, 2.05) is 0 Å². The lowest BCUT2D eigenvalue weighted by molar-refractivity contribution is 0.835. The van der Waals surface area contributed by atoms with Crippen LogP contribution in [0, 0.1) is 0 Å². The minimum Gasteiger partial charge on any atom is -0.313 e. The average molecular weight is 241 g/mol. The molecule has 0 unspecified atom stereocenters. The number of nitrogens with zero attached hydrogens (tertiary/aromatic N) is 3. The van der Waals surface area contributed by atoms with Gasteiger partial charge < -0.3 is 4.98 Å². The first kappa shape index (κ1) is 8.18. The van der Waals surface area contributed by atoms with E-state index in [4.69, 9.17) is 0 Å². The number of halogens is 1. The van der Waals surface area contributed by atoms with Crippen LogP contribution in [0.5, 0.6) is 0 Å². The zero-order valence-electron chi connectivity index (χ0n) is 6.44. The van der Waals surface area contributed by atoms with Crippen LogP contribution >= 0.6 is 15.9 Å². The van der Waals surface area contributed by atoms with E-state index < -0.39 is 0 Å². The van der Waals surface area contributed by atoms with Gasteiger partial charge in [-0.25, -0.2) is 9.67 Å². The molecule has 0 aliphatic heterocycles. The van der Waals surface area contributed by atoms with Gasteiger partial charge in [0.15, 0.2) is 5.82 Å². The third-order valence-electron chi connectivity index (χ3n) is 1.45. The fraction of sp³-hybridized carbons (Fsp3) is 0. The molecule has 13 heavy (non-hydrogen) atoms. The molecule has 66 valence electrons. The Morgan fingerprint density at radius 1 is 1.54 bits per heavy atom. The Hall–Kier alpha value is -1.43. The number of hydrogen-bond donors (Lipinski definition) is 1. The quantitative estimate of drug-likeness (QED) is 0.799. The molecular formula is C7H5BrN4O. The molecule has 0 atom stereocenters. The molecule has 6 heteroatoms. The summed E-state index contributed by atoms with van der Waals surface area (Å²) in [4.78, 5) is 17.3. The average Bonchev–Trinajstić information content (AvgIpc) is 2.52. The van der Waals surface area contributed by atoms with E-state index in [2.05, 4.69) is 31.0 Å². The highest BCUT2D eigenvalue weighted by atomic mass is 79.9. The molecule has 0 aliphatic carbocycles. The van der Waals surface area contributed by atoms with E-state index >= 15 is 0 Å². The van der Waals surface area contributed by atoms with Crippen LogP contribution in [0.15, 0.2) is 34.1 Å². The Bertz CT molecular complexity index is 475. The molecule has 0 amide bonds. The number of rotatable bonds is 1. The first-order chi connectivity index (χ1) is 6.25. The predicted molar refractivity (Wildman–Crippen MR) is 49.7 cm³/mol. The largest absolute Gasteiger partial charge is 0.313 e. The highest BCUT2D eigenvalue weighted by Gasteiger charge is 1.99. The molecule has 0 aliphatic rings. The van der Waals surface area contributed by atoms with Crippen LogP contribution in [0.4, 0.5) is 0 Å². The Morgan fingerprint density at radius 2 is 2.38 bits per heavy atom. The second-order valence-electron chi connectivity index (χ2n) is 2.37. The molecule has 0 spiro atoms. The highest BCUT2D eigenvalue weighted by Crippen LogP contribution is 2.08. The van der Waals surface area contributed by atoms with Crippen LogP contribution in [0.2, 0.25) is 0 Å². The lowest BCUT2D eigenvalue weighted by Gasteiger charge is -1.96. The van der Waals surface area contributed by atoms with Gasteiger partial charge in [0.25, 0.3) is 5.56 Å². The van der Waals surface area contributed by atoms with Crippen LogP contribution in [0.3, 0.4) is 0 Å². The van der Waals surface area contributed by atoms with Gasteiger partial charge in [0.1, 0.15) is 0 Å². The van der Waals surface area contributed by atoms with Crippen molar-refractivity contribution in [2.45, 2.75) is 0 Å². The minimum atomic E-state index is -0.198. The van der Waals surface area contributed by atoms with Crippen LogP contribution in [0.25, 0.3) is 5.82 Å². The van der Waals surface area contributed by atoms with E-state index in [1.165, 1.54) is 17.1 Å². The SMILES string of the molecule is O=c1cc(-n2cc(Br)cn2)nc[nH]1. The van der Waals surface area contributed by atoms with Crippen molar-refractivity contribution in [1.82, 2.24) is 19.7 Å². The standard InChI is InChI=1S/C7H5BrN4O/c8-5-2-11-12(3-5)6-1-7(13)10-4-9-6/h1-4H,(H,9,10,13). The van der Waals surface area contributed by atoms with Gasteiger partial charge in [0.05, 0.1) is 17.0 Å². The maximum absolute atomic E-state index is 10.9. The van der Waals surface area contributed by atoms with Crippen molar-refractivity contribution < 1.29 is 0 Å². The molecule has 2 heterocycles. The highest BCUT2D eigenvalue weighted by molar-refractivity contribution is 9.10. The third kappa shape index (κ3) is 1.67. The van der Waals surface area contributed by atoms with Crippen molar-refractivity contribution in [3.05, 3.63) is 39.6 Å². The van der Waals surface area contributed by atoms with Gasteiger partial charge >= 0.3 is 0 Å². The zero-order chi connectivity index (χ0) is 9.26. The molecule has 0 saturated heterocycles. The van der Waals surface area contributed by atoms with Crippen molar-refractivity contribution in [3.8, 4) is 5.82 Å². The van der Waals surface area contributed by atoms with Gasteiger partial charge in [0, 0.05) is 12.3 Å². The van der Waals surface area contributed by atoms with E-state index in [0.29, 0.717) is 5.82 Å². The van der Waals surface area contributed by atoms with Crippen molar-refractivity contribution in [1.29, 1.82) is 0 Å². The Labute approximate surface area is 81.6 Å². The Kier molecular flexibility index (Phi) is 1.97. The second-order valence-corrected chi connectivity index (χ2v) is 3.29. The number of aromatic nitrogens is 4. The van der Waals surface area contributed by atoms with E-state index in [9.17, 15) is 4.79 Å². The monoisotopic (exact) mass is 240 g/mol. The molecule has 1 N–H and O–H groups in total. The molecule has 2 aromatic rings. The summed E-state index contributed by atoms with van der Waals surface area (Å²) in [6, 6.07) is 1.37. The summed E-state index contributed by atoms with van der Waals surface area (Å²) in [5, 5.41) is 3.98. The Morgan fingerprint density at radius 3 is 3.00 bits per heavy atom. The number of hydrogen-bond acceptors (Lipinski definition) is 3. The lowest BCUT2D eigenvalue weighted by atomic mass is 10.6. The zero-order valence-corrected chi connectivity index (χ0v) is 8.02. The molecular weight excluding hydrogens is 236 g/mol. The van der Waals surface area contributed by atoms with Crippen LogP contribution in [-0.4, -0.2) is 19.7 Å². The minimum absolute atomic E-state index is 0.198. The van der Waals surface area contributed by atoms with Crippen molar-refractivity contribution in [3.63, 3.8) is 0 Å². The molecule has 5 nitrogen and oxygen atoms in total. The molecule has 0 radical (unpaired) electrons. The van der Waals surface area contributed by atoms with E-state index in [1.54, 1.807) is 12.4 Å². The van der Waals surface area contributed by atoms with Gasteiger partial charge in [-0.05, 0) is 15.9 Å². The third-order valence-corrected chi connectivity index (χ3v) is 1.86. The van der Waals surface area contributed by atoms with Gasteiger partial charge in [-0.3, -0.25) is 4.79 Å². The fourth-order valence-electron chi connectivity index (χ4n) is 0.910. The maximum atomic E-state index is 10.9. The van der Waals surface area contributed by atoms with Crippen molar-refractivity contribution >= 4 is 15.9 Å². The van der Waals surface area contributed by atoms with Gasteiger partial charge in [-0.2, -0.15) is 5.10 Å². The topological polar surface area (TPSA) is 63.6 Å².